The summed E-state index contributed by atoms with van der Waals surface area (Å²) < 4.78 is 28.4. The average molecular weight is 460 g/mol. The summed E-state index contributed by atoms with van der Waals surface area (Å²) in [5.74, 6) is -0.552. The summed E-state index contributed by atoms with van der Waals surface area (Å²) in [6.45, 7) is 1.46. The second-order valence-electron chi connectivity index (χ2n) is 7.81. The molecule has 0 bridgehead atoms. The molecule has 0 aliphatic heterocycles. The van der Waals surface area contributed by atoms with Crippen LogP contribution in [0.25, 0.3) is 0 Å². The first kappa shape index (κ1) is 22.2. The molecule has 1 aliphatic rings. The number of benzene rings is 3. The zero-order valence-corrected chi connectivity index (χ0v) is 18.7. The molecule has 0 radical (unpaired) electrons. The molecule has 0 aromatic heterocycles. The van der Waals surface area contributed by atoms with Gasteiger partial charge in [-0.2, -0.15) is 5.26 Å². The number of sulfonamides is 1. The van der Waals surface area contributed by atoms with E-state index >= 15 is 0 Å². The van der Waals surface area contributed by atoms with Crippen molar-refractivity contribution in [3.63, 3.8) is 0 Å². The van der Waals surface area contributed by atoms with Crippen LogP contribution in [0, 0.1) is 11.3 Å². The van der Waals surface area contributed by atoms with Gasteiger partial charge in [0, 0.05) is 22.9 Å². The maximum Gasteiger partial charge on any atom is 0.264 e. The molecule has 0 saturated heterocycles. The third kappa shape index (κ3) is 4.78. The number of nitrogens with one attached hydrogen (secondary N) is 1. The highest BCUT2D eigenvalue weighted by Crippen LogP contribution is 2.36. The minimum atomic E-state index is -3.93. The molecule has 0 spiro atoms. The molecule has 7 nitrogen and oxygen atoms in total. The van der Waals surface area contributed by atoms with Gasteiger partial charge in [0.2, 0.25) is 0 Å². The van der Waals surface area contributed by atoms with Crippen LogP contribution in [0.4, 0.5) is 11.4 Å². The van der Waals surface area contributed by atoms with Gasteiger partial charge in [0.25, 0.3) is 15.9 Å². The van der Waals surface area contributed by atoms with Gasteiger partial charge in [-0.25, -0.2) is 8.42 Å². The van der Waals surface area contributed by atoms with Crippen LogP contribution < -0.4 is 9.62 Å². The predicted octanol–water partition coefficient (Wildman–Crippen LogP) is 4.37. The van der Waals surface area contributed by atoms with Gasteiger partial charge in [0.15, 0.2) is 5.78 Å². The number of carbonyl (C=O) groups is 2. The van der Waals surface area contributed by atoms with Crippen LogP contribution >= 0.6 is 0 Å². The monoisotopic (exact) mass is 459 g/mol. The lowest BCUT2D eigenvalue weighted by Crippen LogP contribution is -2.33. The van der Waals surface area contributed by atoms with E-state index in [0.29, 0.717) is 22.5 Å². The van der Waals surface area contributed by atoms with Gasteiger partial charge >= 0.3 is 0 Å². The SMILES string of the molecule is CC(=O)c1ccc(N(C2CC2)S(=O)(=O)c2cccc(C(=O)Nc3ccc(C#N)cc3)c2)cc1. The molecule has 1 amide bonds. The van der Waals surface area contributed by atoms with E-state index in [-0.39, 0.29) is 22.3 Å². The zero-order valence-electron chi connectivity index (χ0n) is 17.9. The van der Waals surface area contributed by atoms with Crippen LogP contribution in [0.2, 0.25) is 0 Å². The number of nitriles is 1. The molecule has 33 heavy (non-hydrogen) atoms. The molecule has 0 unspecified atom stereocenters. The molecule has 1 fully saturated rings. The molecule has 0 atom stereocenters. The van der Waals surface area contributed by atoms with Crippen LogP contribution in [0.1, 0.15) is 46.0 Å². The van der Waals surface area contributed by atoms with Crippen LogP contribution in [-0.2, 0) is 10.0 Å². The number of anilines is 2. The van der Waals surface area contributed by atoms with Crippen LogP contribution in [0.15, 0.2) is 77.7 Å². The number of hydrogen-bond acceptors (Lipinski definition) is 5. The molecular weight excluding hydrogens is 438 g/mol. The number of hydrogen-bond donors (Lipinski definition) is 1. The van der Waals surface area contributed by atoms with Gasteiger partial charge < -0.3 is 5.32 Å². The Hall–Kier alpha value is -3.96. The van der Waals surface area contributed by atoms with E-state index in [1.165, 1.54) is 29.4 Å². The van der Waals surface area contributed by atoms with Gasteiger partial charge in [-0.3, -0.25) is 13.9 Å². The number of carbonyl (C=O) groups excluding carboxylic acids is 2. The van der Waals surface area contributed by atoms with Gasteiger partial charge in [-0.15, -0.1) is 0 Å². The maximum atomic E-state index is 13.5. The maximum absolute atomic E-state index is 13.5. The summed E-state index contributed by atoms with van der Waals surface area (Å²) >= 11 is 0. The molecule has 166 valence electrons. The zero-order chi connectivity index (χ0) is 23.6. The highest BCUT2D eigenvalue weighted by atomic mass is 32.2. The summed E-state index contributed by atoms with van der Waals surface area (Å²) in [5.41, 5.74) is 2.15. The molecule has 1 aliphatic carbocycles. The summed E-state index contributed by atoms with van der Waals surface area (Å²) in [6.07, 6.45) is 1.49. The molecule has 4 rings (SSSR count). The number of Topliss-reactive ketones (excluding diaryl/α,β-unsaturated/α-hetero) is 1. The highest BCUT2D eigenvalue weighted by molar-refractivity contribution is 7.92. The van der Waals surface area contributed by atoms with E-state index in [9.17, 15) is 18.0 Å². The topological polar surface area (TPSA) is 107 Å². The van der Waals surface area contributed by atoms with Gasteiger partial charge in [0.05, 0.1) is 22.2 Å². The summed E-state index contributed by atoms with van der Waals surface area (Å²) in [6, 6.07) is 20.6. The molecule has 0 heterocycles. The summed E-state index contributed by atoms with van der Waals surface area (Å²) in [4.78, 5) is 24.3. The largest absolute Gasteiger partial charge is 0.322 e. The van der Waals surface area contributed by atoms with Gasteiger partial charge in [-0.1, -0.05) is 6.07 Å². The Morgan fingerprint density at radius 3 is 2.21 bits per heavy atom. The van der Waals surface area contributed by atoms with E-state index in [0.717, 1.165) is 12.8 Å². The fourth-order valence-electron chi connectivity index (χ4n) is 3.44. The third-order valence-corrected chi connectivity index (χ3v) is 7.21. The fourth-order valence-corrected chi connectivity index (χ4v) is 5.20. The first-order chi connectivity index (χ1) is 15.8. The van der Waals surface area contributed by atoms with Crippen molar-refractivity contribution in [3.8, 4) is 6.07 Å². The Morgan fingerprint density at radius 1 is 0.970 bits per heavy atom. The minimum Gasteiger partial charge on any atom is -0.322 e. The van der Waals surface area contributed by atoms with Crippen molar-refractivity contribution in [2.45, 2.75) is 30.7 Å². The second kappa shape index (κ2) is 8.88. The van der Waals surface area contributed by atoms with Crippen LogP contribution in [0.3, 0.4) is 0 Å². The Morgan fingerprint density at radius 2 is 1.64 bits per heavy atom. The second-order valence-corrected chi connectivity index (χ2v) is 9.62. The lowest BCUT2D eigenvalue weighted by molar-refractivity contribution is 0.101. The summed E-state index contributed by atoms with van der Waals surface area (Å²) in [7, 11) is -3.93. The van der Waals surface area contributed by atoms with Crippen molar-refractivity contribution in [1.82, 2.24) is 0 Å². The van der Waals surface area contributed by atoms with Crippen molar-refractivity contribution in [2.24, 2.45) is 0 Å². The number of rotatable bonds is 7. The van der Waals surface area contributed by atoms with Crippen molar-refractivity contribution in [2.75, 3.05) is 9.62 Å². The van der Waals surface area contributed by atoms with Crippen molar-refractivity contribution in [1.29, 1.82) is 5.26 Å². The number of nitrogens with zero attached hydrogens (tertiary/aromatic N) is 2. The van der Waals surface area contributed by atoms with Crippen LogP contribution in [-0.4, -0.2) is 26.2 Å². The first-order valence-corrected chi connectivity index (χ1v) is 11.8. The minimum absolute atomic E-state index is 0.0116. The molecular formula is C25H21N3O4S. The lowest BCUT2D eigenvalue weighted by atomic mass is 10.1. The van der Waals surface area contributed by atoms with Crippen molar-refractivity contribution >= 4 is 33.1 Å². The Kier molecular flexibility index (Phi) is 5.99. The third-order valence-electron chi connectivity index (χ3n) is 5.33. The Bertz CT molecular complexity index is 1350. The van der Waals surface area contributed by atoms with E-state index in [1.54, 1.807) is 54.6 Å². The van der Waals surface area contributed by atoms with E-state index < -0.39 is 15.9 Å². The Labute approximate surface area is 192 Å². The molecule has 1 saturated carbocycles. The number of amides is 1. The van der Waals surface area contributed by atoms with Crippen molar-refractivity contribution < 1.29 is 18.0 Å². The molecule has 3 aromatic rings. The van der Waals surface area contributed by atoms with Crippen LogP contribution in [0.5, 0.6) is 0 Å². The predicted molar refractivity (Wildman–Crippen MR) is 125 cm³/mol. The molecule has 8 heteroatoms. The van der Waals surface area contributed by atoms with E-state index in [4.69, 9.17) is 5.26 Å². The van der Waals surface area contributed by atoms with E-state index in [1.807, 2.05) is 6.07 Å². The highest BCUT2D eigenvalue weighted by Gasteiger charge is 2.38. The smallest absolute Gasteiger partial charge is 0.264 e. The lowest BCUT2D eigenvalue weighted by Gasteiger charge is -2.24. The molecule has 3 aromatic carbocycles. The first-order valence-electron chi connectivity index (χ1n) is 10.4. The fraction of sp³-hybridized carbons (Fsp3) is 0.160. The van der Waals surface area contributed by atoms with Gasteiger partial charge in [-0.05, 0) is 86.5 Å². The average Bonchev–Trinajstić information content (AvgIpc) is 3.65. The van der Waals surface area contributed by atoms with Crippen molar-refractivity contribution in [3.05, 3.63) is 89.5 Å². The Balaban J connectivity index is 1.61. The summed E-state index contributed by atoms with van der Waals surface area (Å²) in [5, 5.41) is 11.6. The standard InChI is InChI=1S/C25H21N3O4S/c1-17(29)19-7-11-22(12-8-19)28(23-13-14-23)33(31,32)24-4-2-3-20(15-24)25(30)27-21-9-5-18(16-26)6-10-21/h2-12,15,23H,13-14H2,1H3,(H,27,30). The normalized spacial score (nSPS) is 13.1. The van der Waals surface area contributed by atoms with Gasteiger partial charge in [0.1, 0.15) is 0 Å². The van der Waals surface area contributed by atoms with E-state index in [2.05, 4.69) is 5.32 Å². The molecule has 1 N–H and O–H groups in total. The number of ketones is 1. The quantitative estimate of drug-likeness (QED) is 0.528.